The fourth-order valence-corrected chi connectivity index (χ4v) is 1.75. The zero-order chi connectivity index (χ0) is 11.5. The van der Waals surface area contributed by atoms with Gasteiger partial charge >= 0.3 is 0 Å². The first kappa shape index (κ1) is 10.6. The van der Waals surface area contributed by atoms with Crippen LogP contribution in [-0.2, 0) is 0 Å². The molecular formula is C13H15N3. The molecule has 0 spiro atoms. The molecule has 1 aromatic heterocycles. The molecule has 82 valence electrons. The molecule has 0 bridgehead atoms. The van der Waals surface area contributed by atoms with Crippen LogP contribution < -0.4 is 5.32 Å². The third-order valence-corrected chi connectivity index (χ3v) is 2.54. The van der Waals surface area contributed by atoms with Crippen LogP contribution in [0.5, 0.6) is 0 Å². The van der Waals surface area contributed by atoms with Gasteiger partial charge in [-0.25, -0.2) is 9.97 Å². The molecule has 0 aliphatic carbocycles. The van der Waals surface area contributed by atoms with Crippen LogP contribution in [0, 0.1) is 13.8 Å². The van der Waals surface area contributed by atoms with Crippen LogP contribution in [0.4, 0.5) is 5.82 Å². The van der Waals surface area contributed by atoms with E-state index in [1.807, 2.05) is 39.1 Å². The number of anilines is 1. The Morgan fingerprint density at radius 2 is 1.69 bits per heavy atom. The fraction of sp³-hybridized carbons (Fsp3) is 0.231. The summed E-state index contributed by atoms with van der Waals surface area (Å²) < 4.78 is 0. The predicted molar refractivity (Wildman–Crippen MR) is 66.5 cm³/mol. The Hall–Kier alpha value is -1.90. The van der Waals surface area contributed by atoms with Crippen LogP contribution in [0.1, 0.15) is 11.4 Å². The summed E-state index contributed by atoms with van der Waals surface area (Å²) in [6.45, 7) is 3.94. The Labute approximate surface area is 95.6 Å². The van der Waals surface area contributed by atoms with Crippen molar-refractivity contribution in [2.45, 2.75) is 13.8 Å². The van der Waals surface area contributed by atoms with Crippen LogP contribution in [0.25, 0.3) is 11.3 Å². The van der Waals surface area contributed by atoms with Crippen molar-refractivity contribution in [2.24, 2.45) is 0 Å². The number of benzene rings is 1. The topological polar surface area (TPSA) is 37.8 Å². The third kappa shape index (κ3) is 1.89. The summed E-state index contributed by atoms with van der Waals surface area (Å²) in [6.07, 6.45) is 0. The highest BCUT2D eigenvalue weighted by Crippen LogP contribution is 2.24. The van der Waals surface area contributed by atoms with E-state index in [-0.39, 0.29) is 0 Å². The molecule has 0 fully saturated rings. The van der Waals surface area contributed by atoms with Gasteiger partial charge in [0.15, 0.2) is 0 Å². The number of aromatic nitrogens is 2. The average Bonchev–Trinajstić information content (AvgIpc) is 2.33. The van der Waals surface area contributed by atoms with E-state index in [0.29, 0.717) is 0 Å². The smallest absolute Gasteiger partial charge is 0.132 e. The first-order valence-electron chi connectivity index (χ1n) is 5.31. The summed E-state index contributed by atoms with van der Waals surface area (Å²) in [6, 6.07) is 10.2. The number of rotatable bonds is 2. The summed E-state index contributed by atoms with van der Waals surface area (Å²) in [7, 11) is 1.88. The van der Waals surface area contributed by atoms with E-state index in [0.717, 1.165) is 28.5 Å². The fourth-order valence-electron chi connectivity index (χ4n) is 1.75. The highest BCUT2D eigenvalue weighted by molar-refractivity contribution is 5.67. The van der Waals surface area contributed by atoms with Gasteiger partial charge in [-0.2, -0.15) is 0 Å². The number of hydrogen-bond acceptors (Lipinski definition) is 3. The second-order valence-corrected chi connectivity index (χ2v) is 3.71. The molecule has 3 nitrogen and oxygen atoms in total. The lowest BCUT2D eigenvalue weighted by Crippen LogP contribution is -2.02. The Balaban J connectivity index is 2.61. The largest absolute Gasteiger partial charge is 0.373 e. The second kappa shape index (κ2) is 4.31. The van der Waals surface area contributed by atoms with Gasteiger partial charge in [0.05, 0.1) is 5.69 Å². The monoisotopic (exact) mass is 213 g/mol. The first-order valence-corrected chi connectivity index (χ1v) is 5.31. The maximum Gasteiger partial charge on any atom is 0.132 e. The van der Waals surface area contributed by atoms with Crippen molar-refractivity contribution in [3.05, 3.63) is 41.7 Å². The molecule has 0 radical (unpaired) electrons. The molecule has 0 atom stereocenters. The zero-order valence-corrected chi connectivity index (χ0v) is 9.78. The molecule has 2 rings (SSSR count). The average molecular weight is 213 g/mol. The van der Waals surface area contributed by atoms with E-state index in [9.17, 15) is 0 Å². The molecule has 0 amide bonds. The van der Waals surface area contributed by atoms with Gasteiger partial charge in [0.25, 0.3) is 0 Å². The van der Waals surface area contributed by atoms with E-state index in [1.54, 1.807) is 0 Å². The number of nitrogens with zero attached hydrogens (tertiary/aromatic N) is 2. The Morgan fingerprint density at radius 3 is 2.31 bits per heavy atom. The van der Waals surface area contributed by atoms with Crippen molar-refractivity contribution < 1.29 is 0 Å². The maximum absolute atomic E-state index is 4.50. The molecule has 1 N–H and O–H groups in total. The molecular weight excluding hydrogens is 198 g/mol. The molecule has 0 saturated heterocycles. The molecule has 0 aliphatic rings. The third-order valence-electron chi connectivity index (χ3n) is 2.54. The van der Waals surface area contributed by atoms with Crippen molar-refractivity contribution in [2.75, 3.05) is 12.4 Å². The van der Waals surface area contributed by atoms with Crippen molar-refractivity contribution in [1.82, 2.24) is 9.97 Å². The van der Waals surface area contributed by atoms with Gasteiger partial charge in [-0.05, 0) is 13.8 Å². The van der Waals surface area contributed by atoms with Crippen LogP contribution in [-0.4, -0.2) is 17.0 Å². The minimum Gasteiger partial charge on any atom is -0.373 e. The lowest BCUT2D eigenvalue weighted by atomic mass is 10.1. The standard InChI is InChI=1S/C13H15N3/c1-9-12(11-7-5-4-6-8-11)15-10(2)16-13(9)14-3/h4-8H,1-3H3,(H,14,15,16). The minimum atomic E-state index is 0.786. The summed E-state index contributed by atoms with van der Waals surface area (Å²) in [5.74, 6) is 1.68. The number of nitrogens with one attached hydrogen (secondary N) is 1. The number of hydrogen-bond donors (Lipinski definition) is 1. The minimum absolute atomic E-state index is 0.786. The zero-order valence-electron chi connectivity index (χ0n) is 9.78. The van der Waals surface area contributed by atoms with Crippen molar-refractivity contribution in [3.8, 4) is 11.3 Å². The Kier molecular flexibility index (Phi) is 2.86. The SMILES string of the molecule is CNc1nc(C)nc(-c2ccccc2)c1C. The van der Waals surface area contributed by atoms with Gasteiger partial charge < -0.3 is 5.32 Å². The van der Waals surface area contributed by atoms with E-state index in [2.05, 4.69) is 27.4 Å². The predicted octanol–water partition coefficient (Wildman–Crippen LogP) is 2.80. The molecule has 1 aromatic carbocycles. The number of aryl methyl sites for hydroxylation is 1. The van der Waals surface area contributed by atoms with Crippen molar-refractivity contribution >= 4 is 5.82 Å². The van der Waals surface area contributed by atoms with Crippen molar-refractivity contribution in [1.29, 1.82) is 0 Å². The molecule has 16 heavy (non-hydrogen) atoms. The van der Waals surface area contributed by atoms with Crippen LogP contribution >= 0.6 is 0 Å². The molecule has 2 aromatic rings. The quantitative estimate of drug-likeness (QED) is 0.833. The highest BCUT2D eigenvalue weighted by atomic mass is 15.0. The van der Waals surface area contributed by atoms with Crippen LogP contribution in [0.15, 0.2) is 30.3 Å². The summed E-state index contributed by atoms with van der Waals surface area (Å²) in [4.78, 5) is 8.86. The Bertz CT molecular complexity index is 492. The summed E-state index contributed by atoms with van der Waals surface area (Å²) >= 11 is 0. The molecule has 3 heteroatoms. The summed E-state index contributed by atoms with van der Waals surface area (Å²) in [5.41, 5.74) is 3.21. The lowest BCUT2D eigenvalue weighted by Gasteiger charge is -2.10. The first-order chi connectivity index (χ1) is 7.72. The van der Waals surface area contributed by atoms with Gasteiger partial charge in [0.2, 0.25) is 0 Å². The van der Waals surface area contributed by atoms with E-state index < -0.39 is 0 Å². The van der Waals surface area contributed by atoms with Crippen LogP contribution in [0.3, 0.4) is 0 Å². The van der Waals surface area contributed by atoms with Crippen molar-refractivity contribution in [3.63, 3.8) is 0 Å². The van der Waals surface area contributed by atoms with Gasteiger partial charge in [-0.1, -0.05) is 30.3 Å². The van der Waals surface area contributed by atoms with Crippen LogP contribution in [0.2, 0.25) is 0 Å². The Morgan fingerprint density at radius 1 is 1.00 bits per heavy atom. The molecule has 0 aliphatic heterocycles. The second-order valence-electron chi connectivity index (χ2n) is 3.71. The molecule has 1 heterocycles. The van der Waals surface area contributed by atoms with Gasteiger partial charge in [0, 0.05) is 18.2 Å². The maximum atomic E-state index is 4.50. The van der Waals surface area contributed by atoms with Gasteiger partial charge in [-0.3, -0.25) is 0 Å². The molecule has 0 unspecified atom stereocenters. The summed E-state index contributed by atoms with van der Waals surface area (Å²) in [5, 5.41) is 3.10. The van der Waals surface area contributed by atoms with E-state index >= 15 is 0 Å². The molecule has 0 saturated carbocycles. The highest BCUT2D eigenvalue weighted by Gasteiger charge is 2.09. The van der Waals surface area contributed by atoms with E-state index in [1.165, 1.54) is 0 Å². The normalized spacial score (nSPS) is 10.2. The lowest BCUT2D eigenvalue weighted by molar-refractivity contribution is 1.04. The van der Waals surface area contributed by atoms with Gasteiger partial charge in [0.1, 0.15) is 11.6 Å². The van der Waals surface area contributed by atoms with Gasteiger partial charge in [-0.15, -0.1) is 0 Å². The van der Waals surface area contributed by atoms with E-state index in [4.69, 9.17) is 0 Å².